The zero-order valence-electron chi connectivity index (χ0n) is 5.65. The molecule has 0 bridgehead atoms. The van der Waals surface area contributed by atoms with Crippen LogP contribution in [0.4, 0.5) is 0 Å². The van der Waals surface area contributed by atoms with E-state index in [-0.39, 0.29) is 41.3 Å². The molecule has 0 spiro atoms. The molecule has 0 unspecified atom stereocenters. The van der Waals surface area contributed by atoms with Gasteiger partial charge in [0.15, 0.2) is 0 Å². The Morgan fingerprint density at radius 3 is 1.75 bits per heavy atom. The summed E-state index contributed by atoms with van der Waals surface area (Å²) in [4.78, 5) is 0. The number of rotatable bonds is 2. The van der Waals surface area contributed by atoms with E-state index in [4.69, 9.17) is 15.3 Å². The van der Waals surface area contributed by atoms with Crippen molar-refractivity contribution in [3.8, 4) is 0 Å². The van der Waals surface area contributed by atoms with Gasteiger partial charge in [-0.3, -0.25) is 0 Å². The molecule has 8 heteroatoms. The normalized spacial score (nSPS) is 6.75. The molecule has 0 saturated heterocycles. The van der Waals surface area contributed by atoms with E-state index in [0.29, 0.717) is 6.54 Å². The van der Waals surface area contributed by atoms with Gasteiger partial charge in [0.05, 0.1) is 6.61 Å². The second-order valence-corrected chi connectivity index (χ2v) is 2.10. The number of aliphatic hydroxyl groups excluding tert-OH is 3. The van der Waals surface area contributed by atoms with Crippen LogP contribution in [0.1, 0.15) is 0 Å². The van der Waals surface area contributed by atoms with Gasteiger partial charge in [-0.25, -0.2) is 0 Å². The maximum absolute atomic E-state index is 8.19. The molecule has 0 amide bonds. The molecule has 0 saturated carbocycles. The average Bonchev–Trinajstić information content (AvgIpc) is 1.82. The summed E-state index contributed by atoms with van der Waals surface area (Å²) in [5.74, 6) is 0. The van der Waals surface area contributed by atoms with Crippen LogP contribution in [0.15, 0.2) is 0 Å². The van der Waals surface area contributed by atoms with Crippen LogP contribution in [0.25, 0.3) is 0 Å². The van der Waals surface area contributed by atoms with E-state index in [2.05, 4.69) is 35.5 Å². The third-order valence-corrected chi connectivity index (χ3v) is 0.532. The summed E-state index contributed by atoms with van der Waals surface area (Å²) >= 11 is 8.06. The summed E-state index contributed by atoms with van der Waals surface area (Å²) in [6.45, 7) is 0.302. The fourth-order valence-corrected chi connectivity index (χ4v) is 0.265. The molecule has 0 atom stereocenters. The first-order valence-electron chi connectivity index (χ1n) is 2.56. The van der Waals surface area contributed by atoms with Gasteiger partial charge in [-0.2, -0.15) is 0 Å². The molecule has 0 aromatic carbocycles. The zero-order chi connectivity index (χ0) is 9.28. The zero-order valence-corrected chi connectivity index (χ0v) is 7.28. The van der Waals surface area contributed by atoms with Crippen LogP contribution in [0.3, 0.4) is 0 Å². The van der Waals surface area contributed by atoms with Crippen molar-refractivity contribution in [1.29, 1.82) is 0 Å². The SMILES string of the molecule is NC(O)=S.OCCNC(O)=S.[NaH]. The quantitative estimate of drug-likeness (QED) is 0.288. The molecule has 0 aromatic rings. The first kappa shape index (κ1) is 18.2. The molecule has 0 aliphatic carbocycles. The number of aliphatic hydroxyl groups is 3. The van der Waals surface area contributed by atoms with Crippen molar-refractivity contribution in [1.82, 2.24) is 5.32 Å². The van der Waals surface area contributed by atoms with E-state index in [9.17, 15) is 0 Å². The van der Waals surface area contributed by atoms with Crippen molar-refractivity contribution in [2.75, 3.05) is 13.2 Å². The van der Waals surface area contributed by atoms with Crippen LogP contribution in [0.5, 0.6) is 0 Å². The topological polar surface area (TPSA) is 98.7 Å². The van der Waals surface area contributed by atoms with Crippen molar-refractivity contribution in [2.45, 2.75) is 0 Å². The van der Waals surface area contributed by atoms with Gasteiger partial charge in [0.25, 0.3) is 10.3 Å². The molecule has 0 radical (unpaired) electrons. The molecule has 0 heterocycles. The standard InChI is InChI=1S/C3H7NO2S.CH3NOS.Na.H/c5-2-1-4-3(6)7;2-1(3)4;;/h5H,1-2H2,(H2,4,6,7);(H3,2,3,4);;. The Hall–Kier alpha value is 0.340. The Kier molecular flexibility index (Phi) is 21.1. The molecular weight excluding hydrogens is 211 g/mol. The average molecular weight is 222 g/mol. The number of nitrogens with one attached hydrogen (secondary N) is 1. The molecule has 68 valence electrons. The molecule has 0 rings (SSSR count). The van der Waals surface area contributed by atoms with Crippen molar-refractivity contribution in [3.05, 3.63) is 0 Å². The fourth-order valence-electron chi connectivity index (χ4n) is 0.163. The minimum absolute atomic E-state index is 0. The van der Waals surface area contributed by atoms with Gasteiger partial charge in [-0.05, 0) is 24.4 Å². The van der Waals surface area contributed by atoms with Gasteiger partial charge in [-0.1, -0.05) is 0 Å². The fraction of sp³-hybridized carbons (Fsp3) is 0.500. The van der Waals surface area contributed by atoms with E-state index >= 15 is 0 Å². The van der Waals surface area contributed by atoms with Gasteiger partial charge in [0.1, 0.15) is 0 Å². The first-order chi connectivity index (χ1) is 5.00. The molecule has 0 aliphatic heterocycles. The third-order valence-electron chi connectivity index (χ3n) is 0.388. The number of hydrogen-bond acceptors (Lipinski definition) is 3. The molecule has 0 aromatic heterocycles. The van der Waals surface area contributed by atoms with Crippen molar-refractivity contribution in [3.63, 3.8) is 0 Å². The molecule has 6 N–H and O–H groups in total. The molecule has 0 fully saturated rings. The van der Waals surface area contributed by atoms with Gasteiger partial charge in [0, 0.05) is 6.54 Å². The summed E-state index contributed by atoms with van der Waals surface area (Å²) in [6.07, 6.45) is 0. The predicted molar refractivity (Wildman–Crippen MR) is 56.9 cm³/mol. The van der Waals surface area contributed by atoms with E-state index in [0.717, 1.165) is 0 Å². The Labute approximate surface area is 103 Å². The van der Waals surface area contributed by atoms with Gasteiger partial charge in [-0.15, -0.1) is 0 Å². The number of thiocarbonyl (C=S) groups is 2. The first-order valence-corrected chi connectivity index (χ1v) is 3.38. The molecule has 0 aliphatic rings. The second kappa shape index (κ2) is 13.9. The van der Waals surface area contributed by atoms with E-state index in [1.54, 1.807) is 0 Å². The van der Waals surface area contributed by atoms with Crippen molar-refractivity contribution < 1.29 is 15.3 Å². The summed E-state index contributed by atoms with van der Waals surface area (Å²) in [7, 11) is 0. The predicted octanol–water partition coefficient (Wildman–Crippen LogP) is -1.45. The summed E-state index contributed by atoms with van der Waals surface area (Å²) < 4.78 is 0. The second-order valence-electron chi connectivity index (χ2n) is 1.29. The minimum atomic E-state index is -0.500. The Morgan fingerprint density at radius 1 is 1.33 bits per heavy atom. The summed E-state index contributed by atoms with van der Waals surface area (Å²) in [5.41, 5.74) is 4.40. The van der Waals surface area contributed by atoms with Crippen LogP contribution in [0.2, 0.25) is 0 Å². The van der Waals surface area contributed by atoms with Crippen LogP contribution in [0, 0.1) is 0 Å². The van der Waals surface area contributed by atoms with Crippen LogP contribution in [-0.2, 0) is 0 Å². The molecular formula is C4H11N2NaO3S2. The van der Waals surface area contributed by atoms with Crippen molar-refractivity contribution >= 4 is 64.3 Å². The van der Waals surface area contributed by atoms with E-state index < -0.39 is 5.17 Å². The summed E-state index contributed by atoms with van der Waals surface area (Å²) in [6, 6.07) is 0. The Balaban J connectivity index is -0.000000142. The van der Waals surface area contributed by atoms with Gasteiger partial charge in [0.2, 0.25) is 0 Å². The number of hydrogen-bond donors (Lipinski definition) is 5. The van der Waals surface area contributed by atoms with Gasteiger partial charge >= 0.3 is 29.6 Å². The van der Waals surface area contributed by atoms with Crippen LogP contribution < -0.4 is 11.1 Å². The van der Waals surface area contributed by atoms with Gasteiger partial charge < -0.3 is 26.4 Å². The maximum atomic E-state index is 8.19. The Bertz CT molecular complexity index is 131. The van der Waals surface area contributed by atoms with Crippen LogP contribution in [-0.4, -0.2) is 68.4 Å². The van der Waals surface area contributed by atoms with Crippen LogP contribution >= 0.6 is 24.4 Å². The molecule has 5 nitrogen and oxygen atoms in total. The monoisotopic (exact) mass is 222 g/mol. The molecule has 12 heavy (non-hydrogen) atoms. The third kappa shape index (κ3) is 47.9. The van der Waals surface area contributed by atoms with Crippen molar-refractivity contribution in [2.24, 2.45) is 5.73 Å². The number of nitrogens with two attached hydrogens (primary N) is 1. The Morgan fingerprint density at radius 2 is 1.67 bits per heavy atom. The van der Waals surface area contributed by atoms with E-state index in [1.165, 1.54) is 0 Å². The van der Waals surface area contributed by atoms with E-state index in [1.807, 2.05) is 0 Å². The summed E-state index contributed by atoms with van der Waals surface area (Å²) in [5, 5.41) is 25.4.